The van der Waals surface area contributed by atoms with Crippen LogP contribution < -0.4 is 4.74 Å². The van der Waals surface area contributed by atoms with E-state index in [1.807, 2.05) is 29.8 Å². The Hall–Kier alpha value is -3.31. The predicted molar refractivity (Wildman–Crippen MR) is 113 cm³/mol. The molecule has 3 rings (SSSR count). The molecule has 0 saturated carbocycles. The molecule has 0 radical (unpaired) electrons. The summed E-state index contributed by atoms with van der Waals surface area (Å²) in [4.78, 5) is 24.3. The molecule has 0 fully saturated rings. The van der Waals surface area contributed by atoms with Gasteiger partial charge >= 0.3 is 5.97 Å². The summed E-state index contributed by atoms with van der Waals surface area (Å²) < 4.78 is 6.98. The summed E-state index contributed by atoms with van der Waals surface area (Å²) in [6.07, 6.45) is 5.43. The van der Waals surface area contributed by atoms with Crippen molar-refractivity contribution in [2.24, 2.45) is 0 Å². The summed E-state index contributed by atoms with van der Waals surface area (Å²) in [5.74, 6) is -0.445. The van der Waals surface area contributed by atoms with Crippen molar-refractivity contribution in [3.05, 3.63) is 93.8 Å². The van der Waals surface area contributed by atoms with Crippen molar-refractivity contribution in [1.29, 1.82) is 0 Å². The number of methoxy groups -OCH3 is 1. The first-order chi connectivity index (χ1) is 13.9. The van der Waals surface area contributed by atoms with Gasteiger partial charge in [0.1, 0.15) is 5.75 Å². The van der Waals surface area contributed by atoms with Crippen LogP contribution in [0.15, 0.2) is 60.8 Å². The summed E-state index contributed by atoms with van der Waals surface area (Å²) in [5, 5.41) is 9.71. The van der Waals surface area contributed by atoms with Gasteiger partial charge in [-0.1, -0.05) is 29.8 Å². The van der Waals surface area contributed by atoms with Gasteiger partial charge in [0, 0.05) is 23.3 Å². The van der Waals surface area contributed by atoms with Gasteiger partial charge in [0.05, 0.1) is 18.4 Å². The van der Waals surface area contributed by atoms with Gasteiger partial charge in [-0.3, -0.25) is 4.79 Å². The third kappa shape index (κ3) is 4.76. The fourth-order valence-corrected chi connectivity index (χ4v) is 3.21. The molecule has 0 bridgehead atoms. The molecule has 0 aliphatic rings. The maximum Gasteiger partial charge on any atom is 0.336 e. The number of carboxylic acids is 1. The van der Waals surface area contributed by atoms with E-state index < -0.39 is 5.97 Å². The second-order valence-electron chi connectivity index (χ2n) is 6.55. The minimum absolute atomic E-state index is 0.0909. The maximum atomic E-state index is 12.9. The molecule has 148 valence electrons. The Labute approximate surface area is 173 Å². The Bertz CT molecular complexity index is 1080. The van der Waals surface area contributed by atoms with Crippen molar-refractivity contribution >= 4 is 29.4 Å². The highest BCUT2D eigenvalue weighted by Gasteiger charge is 2.14. The van der Waals surface area contributed by atoms with Crippen LogP contribution in [0.5, 0.6) is 5.75 Å². The smallest absolute Gasteiger partial charge is 0.336 e. The molecule has 0 unspecified atom stereocenters. The zero-order valence-corrected chi connectivity index (χ0v) is 16.8. The van der Waals surface area contributed by atoms with E-state index in [1.165, 1.54) is 6.07 Å². The monoisotopic (exact) mass is 409 g/mol. The van der Waals surface area contributed by atoms with Gasteiger partial charge in [-0.25, -0.2) is 4.79 Å². The fourth-order valence-electron chi connectivity index (χ4n) is 3.04. The van der Waals surface area contributed by atoms with E-state index in [0.717, 1.165) is 5.56 Å². The van der Waals surface area contributed by atoms with Crippen molar-refractivity contribution < 1.29 is 19.4 Å². The molecule has 1 N–H and O–H groups in total. The minimum Gasteiger partial charge on any atom is -0.497 e. The van der Waals surface area contributed by atoms with Crippen LogP contribution in [0.4, 0.5) is 0 Å². The van der Waals surface area contributed by atoms with Gasteiger partial charge in [-0.15, -0.1) is 0 Å². The Kier molecular flexibility index (Phi) is 6.20. The standard InChI is InChI=1S/C23H20ClNO4/c1-15-12-21(22(26)17-6-9-19(29-2)10-7-17)25(14-15)11-3-4-16-5-8-18(24)13-20(16)23(27)28/h3-10,12-14H,11H2,1-2H3,(H,27,28). The molecule has 1 heterocycles. The summed E-state index contributed by atoms with van der Waals surface area (Å²) in [6, 6.07) is 13.5. The number of benzene rings is 2. The van der Waals surface area contributed by atoms with Crippen LogP contribution in [0.2, 0.25) is 5.02 Å². The van der Waals surface area contributed by atoms with E-state index in [4.69, 9.17) is 16.3 Å². The first kappa shape index (κ1) is 20.4. The number of halogens is 1. The van der Waals surface area contributed by atoms with Crippen LogP contribution in [0.25, 0.3) is 6.08 Å². The number of nitrogens with zero attached hydrogens (tertiary/aromatic N) is 1. The molecule has 5 nitrogen and oxygen atoms in total. The normalized spacial score (nSPS) is 11.0. The molecule has 6 heteroatoms. The highest BCUT2D eigenvalue weighted by molar-refractivity contribution is 6.31. The first-order valence-electron chi connectivity index (χ1n) is 8.94. The average molecular weight is 410 g/mol. The number of carboxylic acid groups (broad SMARTS) is 1. The van der Waals surface area contributed by atoms with Crippen LogP contribution >= 0.6 is 11.6 Å². The number of aromatic carboxylic acids is 1. The molecule has 0 spiro atoms. The van der Waals surface area contributed by atoms with Crippen molar-refractivity contribution in [3.8, 4) is 5.75 Å². The quantitative estimate of drug-likeness (QED) is 0.551. The molecule has 2 aromatic carbocycles. The number of allylic oxidation sites excluding steroid dienone is 1. The highest BCUT2D eigenvalue weighted by atomic mass is 35.5. The molecule has 0 atom stereocenters. The average Bonchev–Trinajstić information content (AvgIpc) is 3.08. The molecule has 0 aliphatic heterocycles. The van der Waals surface area contributed by atoms with Gasteiger partial charge in [-0.05, 0) is 60.5 Å². The molecular weight excluding hydrogens is 390 g/mol. The Morgan fingerprint density at radius 3 is 2.52 bits per heavy atom. The van der Waals surface area contributed by atoms with Gasteiger partial charge < -0.3 is 14.4 Å². The number of ketones is 1. The Morgan fingerprint density at radius 2 is 1.86 bits per heavy atom. The van der Waals surface area contributed by atoms with Crippen molar-refractivity contribution in [2.75, 3.05) is 7.11 Å². The van der Waals surface area contributed by atoms with E-state index in [9.17, 15) is 14.7 Å². The van der Waals surface area contributed by atoms with Crippen LogP contribution in [0.1, 0.15) is 37.5 Å². The number of aromatic nitrogens is 1. The molecule has 0 amide bonds. The number of ether oxygens (including phenoxy) is 1. The van der Waals surface area contributed by atoms with E-state index in [-0.39, 0.29) is 11.3 Å². The van der Waals surface area contributed by atoms with Crippen LogP contribution in [0.3, 0.4) is 0 Å². The topological polar surface area (TPSA) is 68.5 Å². The van der Waals surface area contributed by atoms with Gasteiger partial charge in [0.2, 0.25) is 5.78 Å². The van der Waals surface area contributed by atoms with Crippen LogP contribution in [-0.2, 0) is 6.54 Å². The lowest BCUT2D eigenvalue weighted by atomic mass is 10.1. The molecule has 0 saturated heterocycles. The number of carbonyl (C=O) groups excluding carboxylic acids is 1. The lowest BCUT2D eigenvalue weighted by Crippen LogP contribution is -2.09. The molecule has 1 aromatic heterocycles. The summed E-state index contributed by atoms with van der Waals surface area (Å²) in [6.45, 7) is 2.35. The van der Waals surface area contributed by atoms with E-state index in [1.54, 1.807) is 49.6 Å². The first-order valence-corrected chi connectivity index (χ1v) is 9.31. The van der Waals surface area contributed by atoms with E-state index in [2.05, 4.69) is 0 Å². The van der Waals surface area contributed by atoms with Gasteiger partial charge in [0.25, 0.3) is 0 Å². The van der Waals surface area contributed by atoms with Gasteiger partial charge in [-0.2, -0.15) is 0 Å². The Morgan fingerprint density at radius 1 is 1.14 bits per heavy atom. The lowest BCUT2D eigenvalue weighted by Gasteiger charge is -2.07. The van der Waals surface area contributed by atoms with Crippen molar-refractivity contribution in [2.45, 2.75) is 13.5 Å². The van der Waals surface area contributed by atoms with Crippen molar-refractivity contribution in [1.82, 2.24) is 4.57 Å². The third-order valence-electron chi connectivity index (χ3n) is 4.46. The zero-order chi connectivity index (χ0) is 21.0. The van der Waals surface area contributed by atoms with Crippen LogP contribution in [0, 0.1) is 6.92 Å². The zero-order valence-electron chi connectivity index (χ0n) is 16.1. The van der Waals surface area contributed by atoms with Gasteiger partial charge in [0.15, 0.2) is 0 Å². The number of hydrogen-bond donors (Lipinski definition) is 1. The van der Waals surface area contributed by atoms with Crippen LogP contribution in [-0.4, -0.2) is 28.5 Å². The maximum absolute atomic E-state index is 12.9. The largest absolute Gasteiger partial charge is 0.497 e. The second-order valence-corrected chi connectivity index (χ2v) is 6.99. The Balaban J connectivity index is 1.83. The number of carbonyl (C=O) groups is 2. The lowest BCUT2D eigenvalue weighted by molar-refractivity contribution is 0.0696. The summed E-state index contributed by atoms with van der Waals surface area (Å²) >= 11 is 5.89. The number of aryl methyl sites for hydroxylation is 1. The minimum atomic E-state index is -1.04. The predicted octanol–water partition coefficient (Wildman–Crippen LogP) is 5.10. The highest BCUT2D eigenvalue weighted by Crippen LogP contribution is 2.19. The molecule has 0 aliphatic carbocycles. The molecule has 29 heavy (non-hydrogen) atoms. The fraction of sp³-hybridized carbons (Fsp3) is 0.130. The third-order valence-corrected chi connectivity index (χ3v) is 4.70. The summed E-state index contributed by atoms with van der Waals surface area (Å²) in [5.41, 5.74) is 2.78. The number of hydrogen-bond acceptors (Lipinski definition) is 3. The SMILES string of the molecule is COc1ccc(C(=O)c2cc(C)cn2CC=Cc2ccc(Cl)cc2C(=O)O)cc1. The second kappa shape index (κ2) is 8.80. The molecule has 3 aromatic rings. The van der Waals surface area contributed by atoms with Crippen molar-refractivity contribution in [3.63, 3.8) is 0 Å². The van der Waals surface area contributed by atoms with E-state index in [0.29, 0.717) is 34.1 Å². The summed E-state index contributed by atoms with van der Waals surface area (Å²) in [7, 11) is 1.58. The molecular formula is C23H20ClNO4. The number of rotatable bonds is 7. The van der Waals surface area contributed by atoms with E-state index >= 15 is 0 Å².